The van der Waals surface area contributed by atoms with E-state index >= 15 is 0 Å². The van der Waals surface area contributed by atoms with Crippen molar-refractivity contribution in [2.45, 2.75) is 11.8 Å². The predicted molar refractivity (Wildman–Crippen MR) is 117 cm³/mol. The number of aryl methyl sites for hydroxylation is 2. The zero-order valence-corrected chi connectivity index (χ0v) is 18.5. The summed E-state index contributed by atoms with van der Waals surface area (Å²) in [4.78, 5) is 13.8. The van der Waals surface area contributed by atoms with Crippen LogP contribution in [0.2, 0.25) is 0 Å². The molecule has 0 unspecified atom stereocenters. The Labute approximate surface area is 182 Å². The standard InChI is InChI=1S/C21H18FN3O4S2/c1-13-18-12-19(30-20(18)24(2)23-13)21(26)29-16-8-6-15(7-9-16)25(3)31(27,28)17-10-4-14(22)5-11-17/h4-12H,1-3H3. The van der Waals surface area contributed by atoms with Gasteiger partial charge in [0.2, 0.25) is 0 Å². The Balaban J connectivity index is 1.51. The summed E-state index contributed by atoms with van der Waals surface area (Å²) in [6, 6.07) is 12.4. The van der Waals surface area contributed by atoms with Gasteiger partial charge in [-0.25, -0.2) is 17.6 Å². The minimum Gasteiger partial charge on any atom is -0.422 e. The zero-order chi connectivity index (χ0) is 22.3. The molecule has 10 heteroatoms. The first-order valence-corrected chi connectivity index (χ1v) is 11.4. The molecule has 0 aliphatic carbocycles. The Morgan fingerprint density at radius 2 is 1.77 bits per heavy atom. The van der Waals surface area contributed by atoms with Gasteiger partial charge in [0.15, 0.2) is 0 Å². The van der Waals surface area contributed by atoms with E-state index < -0.39 is 21.8 Å². The second-order valence-corrected chi connectivity index (χ2v) is 9.85. The van der Waals surface area contributed by atoms with Crippen LogP contribution in [0.5, 0.6) is 5.75 Å². The molecule has 2 heterocycles. The number of esters is 1. The van der Waals surface area contributed by atoms with Crippen LogP contribution in [-0.4, -0.2) is 31.2 Å². The monoisotopic (exact) mass is 459 g/mol. The third-order valence-corrected chi connectivity index (χ3v) is 7.76. The highest BCUT2D eigenvalue weighted by atomic mass is 32.2. The summed E-state index contributed by atoms with van der Waals surface area (Å²) in [5.41, 5.74) is 1.20. The average Bonchev–Trinajstić information content (AvgIpc) is 3.30. The molecule has 4 rings (SSSR count). The summed E-state index contributed by atoms with van der Waals surface area (Å²) in [7, 11) is -0.640. The smallest absolute Gasteiger partial charge is 0.353 e. The maximum atomic E-state index is 13.1. The van der Waals surface area contributed by atoms with Crippen LogP contribution in [0.1, 0.15) is 15.4 Å². The van der Waals surface area contributed by atoms with Crippen LogP contribution >= 0.6 is 11.3 Å². The lowest BCUT2D eigenvalue weighted by Gasteiger charge is -2.19. The van der Waals surface area contributed by atoms with Gasteiger partial charge in [0.25, 0.3) is 10.0 Å². The Morgan fingerprint density at radius 1 is 1.13 bits per heavy atom. The largest absolute Gasteiger partial charge is 0.422 e. The van der Waals surface area contributed by atoms with Gasteiger partial charge in [0.05, 0.1) is 16.3 Å². The van der Waals surface area contributed by atoms with Crippen LogP contribution in [0.25, 0.3) is 10.2 Å². The van der Waals surface area contributed by atoms with E-state index in [4.69, 9.17) is 4.74 Å². The molecule has 2 aromatic carbocycles. The van der Waals surface area contributed by atoms with Gasteiger partial charge in [-0.05, 0) is 61.5 Å². The topological polar surface area (TPSA) is 81.5 Å². The van der Waals surface area contributed by atoms with E-state index in [2.05, 4.69) is 5.10 Å². The van der Waals surface area contributed by atoms with E-state index in [0.717, 1.165) is 32.3 Å². The first kappa shape index (κ1) is 21.0. The average molecular weight is 460 g/mol. The van der Waals surface area contributed by atoms with Crippen LogP contribution in [0, 0.1) is 12.7 Å². The van der Waals surface area contributed by atoms with E-state index in [1.807, 2.05) is 14.0 Å². The number of rotatable bonds is 5. The van der Waals surface area contributed by atoms with Gasteiger partial charge in [0, 0.05) is 19.5 Å². The summed E-state index contributed by atoms with van der Waals surface area (Å²) in [5, 5.41) is 5.21. The lowest BCUT2D eigenvalue weighted by atomic mass is 10.3. The van der Waals surface area contributed by atoms with Crippen molar-refractivity contribution in [2.75, 3.05) is 11.4 Å². The maximum absolute atomic E-state index is 13.1. The van der Waals surface area contributed by atoms with Crippen molar-refractivity contribution in [1.82, 2.24) is 9.78 Å². The van der Waals surface area contributed by atoms with Crippen LogP contribution in [0.15, 0.2) is 59.5 Å². The fraction of sp³-hybridized carbons (Fsp3) is 0.143. The van der Waals surface area contributed by atoms with E-state index in [1.54, 1.807) is 10.7 Å². The number of hydrogen-bond donors (Lipinski definition) is 0. The molecule has 0 amide bonds. The Morgan fingerprint density at radius 3 is 2.39 bits per heavy atom. The number of anilines is 1. The van der Waals surface area contributed by atoms with Gasteiger partial charge >= 0.3 is 5.97 Å². The molecule has 0 radical (unpaired) electrons. The molecule has 0 fully saturated rings. The van der Waals surface area contributed by atoms with Crippen molar-refractivity contribution in [3.63, 3.8) is 0 Å². The molecule has 31 heavy (non-hydrogen) atoms. The van der Waals surface area contributed by atoms with Crippen LogP contribution < -0.4 is 9.04 Å². The third-order valence-electron chi connectivity index (χ3n) is 4.78. The maximum Gasteiger partial charge on any atom is 0.353 e. The van der Waals surface area contributed by atoms with Crippen molar-refractivity contribution in [2.24, 2.45) is 7.05 Å². The molecule has 0 spiro atoms. The first-order valence-electron chi connectivity index (χ1n) is 9.16. The van der Waals surface area contributed by atoms with Crippen LogP contribution in [0.4, 0.5) is 10.1 Å². The van der Waals surface area contributed by atoms with E-state index in [0.29, 0.717) is 10.6 Å². The quantitative estimate of drug-likeness (QED) is 0.331. The van der Waals surface area contributed by atoms with Crippen molar-refractivity contribution >= 4 is 43.2 Å². The molecule has 4 aromatic rings. The number of benzene rings is 2. The molecule has 160 valence electrons. The SMILES string of the molecule is Cc1nn(C)c2sc(C(=O)Oc3ccc(N(C)S(=O)(=O)c4ccc(F)cc4)cc3)cc12. The van der Waals surface area contributed by atoms with Crippen LogP contribution in [-0.2, 0) is 17.1 Å². The van der Waals surface area contributed by atoms with Gasteiger partial charge in [-0.2, -0.15) is 5.10 Å². The molecule has 0 saturated carbocycles. The number of nitrogens with zero attached hydrogens (tertiary/aromatic N) is 3. The number of thiophene rings is 1. The molecule has 0 atom stereocenters. The van der Waals surface area contributed by atoms with E-state index in [-0.39, 0.29) is 10.6 Å². The molecule has 0 N–H and O–H groups in total. The van der Waals surface area contributed by atoms with E-state index in [1.165, 1.54) is 54.8 Å². The van der Waals surface area contributed by atoms with Gasteiger partial charge < -0.3 is 4.74 Å². The normalized spacial score (nSPS) is 11.6. The number of hydrogen-bond acceptors (Lipinski definition) is 6. The Kier molecular flexibility index (Phi) is 5.28. The fourth-order valence-corrected chi connectivity index (χ4v) is 5.29. The molecular weight excluding hydrogens is 441 g/mol. The van der Waals surface area contributed by atoms with E-state index in [9.17, 15) is 17.6 Å². The number of aromatic nitrogens is 2. The number of fused-ring (bicyclic) bond motifs is 1. The van der Waals surface area contributed by atoms with Crippen molar-refractivity contribution in [3.8, 4) is 5.75 Å². The highest BCUT2D eigenvalue weighted by Crippen LogP contribution is 2.29. The Bertz CT molecular complexity index is 1340. The molecular formula is C21H18FN3O4S2. The molecule has 0 bridgehead atoms. The second kappa shape index (κ2) is 7.78. The van der Waals surface area contributed by atoms with Crippen LogP contribution in [0.3, 0.4) is 0 Å². The summed E-state index contributed by atoms with van der Waals surface area (Å²) in [5.74, 6) is -0.730. The van der Waals surface area contributed by atoms with Gasteiger partial charge in [0.1, 0.15) is 21.3 Å². The third kappa shape index (κ3) is 3.91. The number of carbonyl (C=O) groups excluding carboxylic acids is 1. The Hall–Kier alpha value is -3.24. The molecule has 0 aliphatic heterocycles. The van der Waals surface area contributed by atoms with Gasteiger partial charge in [-0.1, -0.05) is 0 Å². The number of ether oxygens (including phenoxy) is 1. The highest BCUT2D eigenvalue weighted by Gasteiger charge is 2.22. The lowest BCUT2D eigenvalue weighted by Crippen LogP contribution is -2.26. The zero-order valence-electron chi connectivity index (χ0n) is 16.9. The molecule has 2 aromatic heterocycles. The van der Waals surface area contributed by atoms with Crippen molar-refractivity contribution in [1.29, 1.82) is 0 Å². The summed E-state index contributed by atoms with van der Waals surface area (Å²) in [6.45, 7) is 1.87. The predicted octanol–water partition coefficient (Wildman–Crippen LogP) is 4.13. The summed E-state index contributed by atoms with van der Waals surface area (Å²) in [6.07, 6.45) is 0. The highest BCUT2D eigenvalue weighted by molar-refractivity contribution is 7.92. The number of carbonyl (C=O) groups is 1. The summed E-state index contributed by atoms with van der Waals surface area (Å²) >= 11 is 1.29. The fourth-order valence-electron chi connectivity index (χ4n) is 3.09. The lowest BCUT2D eigenvalue weighted by molar-refractivity contribution is 0.0740. The first-order chi connectivity index (χ1) is 14.7. The molecule has 0 saturated heterocycles. The summed E-state index contributed by atoms with van der Waals surface area (Å²) < 4.78 is 46.8. The molecule has 7 nitrogen and oxygen atoms in total. The van der Waals surface area contributed by atoms with Gasteiger partial charge in [-0.3, -0.25) is 8.99 Å². The van der Waals surface area contributed by atoms with Crippen molar-refractivity contribution < 1.29 is 22.3 Å². The number of halogens is 1. The molecule has 0 aliphatic rings. The van der Waals surface area contributed by atoms with Crippen molar-refractivity contribution in [3.05, 3.63) is 71.0 Å². The minimum atomic E-state index is -3.85. The minimum absolute atomic E-state index is 0.0264. The number of sulfonamides is 1. The van der Waals surface area contributed by atoms with Gasteiger partial charge in [-0.15, -0.1) is 11.3 Å². The second-order valence-electron chi connectivity index (χ2n) is 6.85.